The lowest BCUT2D eigenvalue weighted by molar-refractivity contribution is -0.121. The third-order valence-electron chi connectivity index (χ3n) is 3.20. The summed E-state index contributed by atoms with van der Waals surface area (Å²) in [6.07, 6.45) is 7.29. The SMILES string of the molecule is CCN(CC)CCNC(=O)CC1C=CCC1. The molecule has 0 aromatic carbocycles. The average molecular weight is 224 g/mol. The maximum absolute atomic E-state index is 11.6. The van der Waals surface area contributed by atoms with Crippen LogP contribution in [0.5, 0.6) is 0 Å². The first-order valence-electron chi connectivity index (χ1n) is 6.42. The standard InChI is InChI=1S/C13H24N2O/c1-3-15(4-2)10-9-14-13(16)11-12-7-5-6-8-12/h5,7,12H,3-4,6,8-11H2,1-2H3,(H,14,16). The third kappa shape index (κ3) is 4.79. The van der Waals surface area contributed by atoms with Gasteiger partial charge in [-0.15, -0.1) is 0 Å². The van der Waals surface area contributed by atoms with Crippen molar-refractivity contribution in [2.45, 2.75) is 33.1 Å². The number of nitrogens with zero attached hydrogens (tertiary/aromatic N) is 1. The van der Waals surface area contributed by atoms with Gasteiger partial charge in [0, 0.05) is 19.5 Å². The highest BCUT2D eigenvalue weighted by Gasteiger charge is 2.13. The Balaban J connectivity index is 2.07. The normalized spacial score (nSPS) is 19.3. The number of hydrogen-bond donors (Lipinski definition) is 1. The van der Waals surface area contributed by atoms with Crippen LogP contribution in [-0.4, -0.2) is 37.0 Å². The number of hydrogen-bond acceptors (Lipinski definition) is 2. The zero-order valence-electron chi connectivity index (χ0n) is 10.5. The molecule has 0 aliphatic heterocycles. The smallest absolute Gasteiger partial charge is 0.220 e. The lowest BCUT2D eigenvalue weighted by Gasteiger charge is -2.18. The molecule has 0 saturated carbocycles. The van der Waals surface area contributed by atoms with Gasteiger partial charge >= 0.3 is 0 Å². The minimum absolute atomic E-state index is 0.198. The summed E-state index contributed by atoms with van der Waals surface area (Å²) in [7, 11) is 0. The highest BCUT2D eigenvalue weighted by Crippen LogP contribution is 2.19. The van der Waals surface area contributed by atoms with Crippen molar-refractivity contribution in [2.75, 3.05) is 26.2 Å². The molecule has 0 aromatic heterocycles. The fourth-order valence-electron chi connectivity index (χ4n) is 2.07. The van der Waals surface area contributed by atoms with Gasteiger partial charge in [0.05, 0.1) is 0 Å². The first-order chi connectivity index (χ1) is 7.76. The van der Waals surface area contributed by atoms with Crippen LogP contribution in [0.3, 0.4) is 0 Å². The minimum Gasteiger partial charge on any atom is -0.355 e. The van der Waals surface area contributed by atoms with E-state index in [9.17, 15) is 4.79 Å². The van der Waals surface area contributed by atoms with Crippen LogP contribution in [0.1, 0.15) is 33.1 Å². The van der Waals surface area contributed by atoms with Crippen LogP contribution in [0.2, 0.25) is 0 Å². The van der Waals surface area contributed by atoms with Crippen LogP contribution in [-0.2, 0) is 4.79 Å². The first kappa shape index (κ1) is 13.2. The molecular weight excluding hydrogens is 200 g/mol. The minimum atomic E-state index is 0.198. The Morgan fingerprint density at radius 2 is 2.19 bits per heavy atom. The molecule has 1 aliphatic carbocycles. The number of likely N-dealkylation sites (N-methyl/N-ethyl adjacent to an activating group) is 1. The van der Waals surface area contributed by atoms with Crippen LogP contribution in [0.15, 0.2) is 12.2 Å². The van der Waals surface area contributed by atoms with Crippen LogP contribution in [0, 0.1) is 5.92 Å². The summed E-state index contributed by atoms with van der Waals surface area (Å²) in [5.41, 5.74) is 0. The Labute approximate surface area is 98.9 Å². The Bertz CT molecular complexity index is 234. The van der Waals surface area contributed by atoms with Crippen molar-refractivity contribution in [3.05, 3.63) is 12.2 Å². The van der Waals surface area contributed by atoms with Crippen LogP contribution in [0.25, 0.3) is 0 Å². The highest BCUT2D eigenvalue weighted by molar-refractivity contribution is 5.76. The van der Waals surface area contributed by atoms with Gasteiger partial charge in [-0.25, -0.2) is 0 Å². The number of amides is 1. The second-order valence-corrected chi connectivity index (χ2v) is 4.35. The van der Waals surface area contributed by atoms with E-state index in [-0.39, 0.29) is 5.91 Å². The van der Waals surface area contributed by atoms with E-state index in [0.717, 1.165) is 39.0 Å². The second kappa shape index (κ2) is 7.44. The van der Waals surface area contributed by atoms with Gasteiger partial charge in [0.2, 0.25) is 5.91 Å². The summed E-state index contributed by atoms with van der Waals surface area (Å²) in [4.78, 5) is 13.9. The largest absolute Gasteiger partial charge is 0.355 e. The number of nitrogens with one attached hydrogen (secondary N) is 1. The molecule has 1 unspecified atom stereocenters. The molecule has 3 heteroatoms. The number of carbonyl (C=O) groups excluding carboxylic acids is 1. The summed E-state index contributed by atoms with van der Waals surface area (Å²) in [6.45, 7) is 8.13. The van der Waals surface area contributed by atoms with Crippen LogP contribution >= 0.6 is 0 Å². The Kier molecular flexibility index (Phi) is 6.16. The van der Waals surface area contributed by atoms with E-state index in [1.54, 1.807) is 0 Å². The van der Waals surface area contributed by atoms with Gasteiger partial charge in [0.1, 0.15) is 0 Å². The Morgan fingerprint density at radius 3 is 2.75 bits per heavy atom. The monoisotopic (exact) mass is 224 g/mol. The van der Waals surface area contributed by atoms with Crippen LogP contribution in [0.4, 0.5) is 0 Å². The van der Waals surface area contributed by atoms with E-state index >= 15 is 0 Å². The van der Waals surface area contributed by atoms with Crippen molar-refractivity contribution in [1.82, 2.24) is 10.2 Å². The molecule has 1 N–H and O–H groups in total. The molecule has 0 heterocycles. The molecule has 1 atom stereocenters. The van der Waals surface area contributed by atoms with E-state index in [1.165, 1.54) is 0 Å². The molecule has 1 aliphatic rings. The third-order valence-corrected chi connectivity index (χ3v) is 3.20. The number of carbonyl (C=O) groups is 1. The molecule has 16 heavy (non-hydrogen) atoms. The Morgan fingerprint density at radius 1 is 1.44 bits per heavy atom. The summed E-state index contributed by atoms with van der Waals surface area (Å²) < 4.78 is 0. The molecule has 0 aromatic rings. The van der Waals surface area contributed by atoms with Crippen molar-refractivity contribution in [3.63, 3.8) is 0 Å². The maximum Gasteiger partial charge on any atom is 0.220 e. The van der Waals surface area contributed by atoms with Crippen molar-refractivity contribution in [3.8, 4) is 0 Å². The summed E-state index contributed by atoms with van der Waals surface area (Å²) in [5.74, 6) is 0.678. The van der Waals surface area contributed by atoms with E-state index < -0.39 is 0 Å². The van der Waals surface area contributed by atoms with Gasteiger partial charge in [0.25, 0.3) is 0 Å². The fourth-order valence-corrected chi connectivity index (χ4v) is 2.07. The molecule has 1 rings (SSSR count). The lowest BCUT2D eigenvalue weighted by Crippen LogP contribution is -2.35. The summed E-state index contributed by atoms with van der Waals surface area (Å²) in [6, 6.07) is 0. The van der Waals surface area contributed by atoms with Crippen molar-refractivity contribution in [2.24, 2.45) is 5.92 Å². The Hall–Kier alpha value is -0.830. The molecular formula is C13H24N2O. The van der Waals surface area contributed by atoms with Gasteiger partial charge < -0.3 is 10.2 Å². The number of rotatable bonds is 7. The molecule has 1 amide bonds. The molecule has 0 spiro atoms. The highest BCUT2D eigenvalue weighted by atomic mass is 16.1. The van der Waals surface area contributed by atoms with Crippen molar-refractivity contribution < 1.29 is 4.79 Å². The van der Waals surface area contributed by atoms with E-state index in [1.807, 2.05) is 0 Å². The molecule has 0 bridgehead atoms. The van der Waals surface area contributed by atoms with Crippen molar-refractivity contribution in [1.29, 1.82) is 0 Å². The summed E-state index contributed by atoms with van der Waals surface area (Å²) in [5, 5.41) is 2.99. The lowest BCUT2D eigenvalue weighted by atomic mass is 10.1. The van der Waals surface area contributed by atoms with Crippen molar-refractivity contribution >= 4 is 5.91 Å². The van der Waals surface area contributed by atoms with Gasteiger partial charge in [0.15, 0.2) is 0 Å². The van der Waals surface area contributed by atoms with E-state index in [0.29, 0.717) is 12.3 Å². The zero-order valence-corrected chi connectivity index (χ0v) is 10.5. The molecule has 0 fully saturated rings. The molecule has 0 radical (unpaired) electrons. The van der Waals surface area contributed by atoms with Gasteiger partial charge in [-0.1, -0.05) is 26.0 Å². The summed E-state index contributed by atoms with van der Waals surface area (Å²) >= 11 is 0. The van der Waals surface area contributed by atoms with E-state index in [4.69, 9.17) is 0 Å². The topological polar surface area (TPSA) is 32.3 Å². The predicted octanol–water partition coefficient (Wildman–Crippen LogP) is 1.80. The van der Waals surface area contributed by atoms with Gasteiger partial charge in [-0.2, -0.15) is 0 Å². The average Bonchev–Trinajstić information content (AvgIpc) is 2.77. The van der Waals surface area contributed by atoms with E-state index in [2.05, 4.69) is 36.2 Å². The van der Waals surface area contributed by atoms with Gasteiger partial charge in [-0.05, 0) is 31.8 Å². The predicted molar refractivity (Wildman–Crippen MR) is 67.3 cm³/mol. The van der Waals surface area contributed by atoms with Crippen LogP contribution < -0.4 is 5.32 Å². The zero-order chi connectivity index (χ0) is 11.8. The second-order valence-electron chi connectivity index (χ2n) is 4.35. The maximum atomic E-state index is 11.6. The van der Waals surface area contributed by atoms with Gasteiger partial charge in [-0.3, -0.25) is 4.79 Å². The molecule has 92 valence electrons. The quantitative estimate of drug-likeness (QED) is 0.669. The molecule has 0 saturated heterocycles. The first-order valence-corrected chi connectivity index (χ1v) is 6.42. The number of allylic oxidation sites excluding steroid dienone is 2. The molecule has 3 nitrogen and oxygen atoms in total. The fraction of sp³-hybridized carbons (Fsp3) is 0.769.